The topological polar surface area (TPSA) is 37.4 Å². The summed E-state index contributed by atoms with van der Waals surface area (Å²) in [6, 6.07) is 10.4. The molecule has 0 aliphatic rings. The Hall–Kier alpha value is -2.07. The van der Waals surface area contributed by atoms with Crippen LogP contribution < -0.4 is 10.1 Å². The molecule has 0 aliphatic carbocycles. The maximum atomic E-state index is 5.91. The van der Waals surface area contributed by atoms with Gasteiger partial charge in [0.15, 0.2) is 0 Å². The molecule has 118 valence electrons. The molecule has 0 aliphatic heterocycles. The van der Waals surface area contributed by atoms with Gasteiger partial charge in [0.2, 0.25) is 0 Å². The minimum Gasteiger partial charge on any atom is -0.492 e. The van der Waals surface area contributed by atoms with Crippen LogP contribution >= 0.6 is 0 Å². The lowest BCUT2D eigenvalue weighted by Gasteiger charge is -2.19. The van der Waals surface area contributed by atoms with Crippen LogP contribution in [0, 0.1) is 13.8 Å². The summed E-state index contributed by atoms with van der Waals surface area (Å²) in [5.74, 6) is 1.91. The number of hydrogen-bond donors (Lipinski definition) is 1. The number of hydrogen-bond acceptors (Lipinski definition) is 4. The van der Waals surface area contributed by atoms with Crippen molar-refractivity contribution in [3.8, 4) is 5.75 Å². The first kappa shape index (κ1) is 16.3. The van der Waals surface area contributed by atoms with Gasteiger partial charge in [-0.3, -0.25) is 4.90 Å². The standard InChI is InChI=1S/C18H25N3O/c1-14-7-8-15(2)17(12-14)22-11-10-21(4)13-16-6-5-9-20-18(16)19-3/h5-9,12H,10-11,13H2,1-4H3,(H,19,20). The van der Waals surface area contributed by atoms with Crippen molar-refractivity contribution in [3.05, 3.63) is 53.2 Å². The fourth-order valence-corrected chi connectivity index (χ4v) is 2.34. The van der Waals surface area contributed by atoms with Crippen LogP contribution in [-0.2, 0) is 6.54 Å². The van der Waals surface area contributed by atoms with Crippen LogP contribution in [0.15, 0.2) is 36.5 Å². The van der Waals surface area contributed by atoms with Crippen molar-refractivity contribution in [2.24, 2.45) is 0 Å². The molecule has 2 aromatic rings. The van der Waals surface area contributed by atoms with Crippen LogP contribution in [0.3, 0.4) is 0 Å². The summed E-state index contributed by atoms with van der Waals surface area (Å²) in [5, 5.41) is 3.13. The highest BCUT2D eigenvalue weighted by atomic mass is 16.5. The molecule has 1 N–H and O–H groups in total. The fraction of sp³-hybridized carbons (Fsp3) is 0.389. The van der Waals surface area contributed by atoms with Crippen molar-refractivity contribution in [1.82, 2.24) is 9.88 Å². The SMILES string of the molecule is CNc1ncccc1CN(C)CCOc1cc(C)ccc1C. The summed E-state index contributed by atoms with van der Waals surface area (Å²) in [6.07, 6.45) is 1.80. The summed E-state index contributed by atoms with van der Waals surface area (Å²) in [7, 11) is 3.99. The Balaban J connectivity index is 1.85. The van der Waals surface area contributed by atoms with E-state index >= 15 is 0 Å². The van der Waals surface area contributed by atoms with E-state index in [9.17, 15) is 0 Å². The van der Waals surface area contributed by atoms with Gasteiger partial charge in [-0.1, -0.05) is 18.2 Å². The Labute approximate surface area is 133 Å². The van der Waals surface area contributed by atoms with Crippen LogP contribution in [0.5, 0.6) is 5.75 Å². The number of ether oxygens (including phenoxy) is 1. The van der Waals surface area contributed by atoms with E-state index in [1.807, 2.05) is 13.1 Å². The number of rotatable bonds is 7. The highest BCUT2D eigenvalue weighted by molar-refractivity contribution is 5.42. The molecule has 1 aromatic carbocycles. The van der Waals surface area contributed by atoms with Gasteiger partial charge < -0.3 is 10.1 Å². The molecule has 0 spiro atoms. The lowest BCUT2D eigenvalue weighted by atomic mass is 10.1. The van der Waals surface area contributed by atoms with Crippen molar-refractivity contribution in [3.63, 3.8) is 0 Å². The summed E-state index contributed by atoms with van der Waals surface area (Å²) in [5.41, 5.74) is 3.60. The van der Waals surface area contributed by atoms with Crippen LogP contribution in [0.1, 0.15) is 16.7 Å². The van der Waals surface area contributed by atoms with Gasteiger partial charge in [-0.05, 0) is 44.2 Å². The van der Waals surface area contributed by atoms with Crippen molar-refractivity contribution in [2.45, 2.75) is 20.4 Å². The van der Waals surface area contributed by atoms with E-state index in [1.165, 1.54) is 16.7 Å². The highest BCUT2D eigenvalue weighted by Crippen LogP contribution is 2.19. The summed E-state index contributed by atoms with van der Waals surface area (Å²) >= 11 is 0. The Morgan fingerprint density at radius 2 is 2.05 bits per heavy atom. The predicted molar refractivity (Wildman–Crippen MR) is 91.5 cm³/mol. The minimum absolute atomic E-state index is 0.677. The molecular formula is C18H25N3O. The molecule has 0 saturated carbocycles. The van der Waals surface area contributed by atoms with Crippen molar-refractivity contribution in [1.29, 1.82) is 0 Å². The number of aromatic nitrogens is 1. The molecule has 0 radical (unpaired) electrons. The number of likely N-dealkylation sites (N-methyl/N-ethyl adjacent to an activating group) is 1. The molecule has 4 nitrogen and oxygen atoms in total. The van der Waals surface area contributed by atoms with Gasteiger partial charge in [-0.2, -0.15) is 0 Å². The van der Waals surface area contributed by atoms with Gasteiger partial charge in [-0.15, -0.1) is 0 Å². The lowest BCUT2D eigenvalue weighted by Crippen LogP contribution is -2.24. The summed E-state index contributed by atoms with van der Waals surface area (Å²) in [6.45, 7) is 6.55. The zero-order chi connectivity index (χ0) is 15.9. The van der Waals surface area contributed by atoms with E-state index in [4.69, 9.17) is 4.74 Å². The minimum atomic E-state index is 0.677. The molecule has 0 bridgehead atoms. The molecule has 0 saturated heterocycles. The Kier molecular flexibility index (Phi) is 5.78. The highest BCUT2D eigenvalue weighted by Gasteiger charge is 2.06. The van der Waals surface area contributed by atoms with Crippen LogP contribution in [-0.4, -0.2) is 37.1 Å². The zero-order valence-corrected chi connectivity index (χ0v) is 13.9. The maximum absolute atomic E-state index is 5.91. The second-order valence-corrected chi connectivity index (χ2v) is 5.62. The van der Waals surface area contributed by atoms with E-state index in [1.54, 1.807) is 6.20 Å². The second kappa shape index (κ2) is 7.80. The summed E-state index contributed by atoms with van der Waals surface area (Å²) in [4.78, 5) is 6.57. The average Bonchev–Trinajstić information content (AvgIpc) is 2.51. The third-order valence-corrected chi connectivity index (χ3v) is 3.64. The van der Waals surface area contributed by atoms with Crippen LogP contribution in [0.2, 0.25) is 0 Å². The number of nitrogens with zero attached hydrogens (tertiary/aromatic N) is 2. The number of aryl methyl sites for hydroxylation is 2. The maximum Gasteiger partial charge on any atom is 0.130 e. The predicted octanol–water partition coefficient (Wildman–Crippen LogP) is 3.25. The largest absolute Gasteiger partial charge is 0.492 e. The van der Waals surface area contributed by atoms with E-state index in [0.717, 1.165) is 24.7 Å². The quantitative estimate of drug-likeness (QED) is 0.851. The lowest BCUT2D eigenvalue weighted by molar-refractivity contribution is 0.232. The molecule has 22 heavy (non-hydrogen) atoms. The molecule has 0 unspecified atom stereocenters. The van der Waals surface area contributed by atoms with Crippen LogP contribution in [0.4, 0.5) is 5.82 Å². The molecule has 0 atom stereocenters. The van der Waals surface area contributed by atoms with Crippen molar-refractivity contribution >= 4 is 5.82 Å². The molecular weight excluding hydrogens is 274 g/mol. The number of anilines is 1. The van der Waals surface area contributed by atoms with Crippen molar-refractivity contribution < 1.29 is 4.74 Å². The van der Waals surface area contributed by atoms with Crippen molar-refractivity contribution in [2.75, 3.05) is 32.6 Å². The van der Waals surface area contributed by atoms with Gasteiger partial charge >= 0.3 is 0 Å². The van der Waals surface area contributed by atoms with E-state index < -0.39 is 0 Å². The third-order valence-electron chi connectivity index (χ3n) is 3.64. The molecule has 0 fully saturated rings. The Morgan fingerprint density at radius 3 is 2.82 bits per heavy atom. The van der Waals surface area contributed by atoms with Gasteiger partial charge in [-0.25, -0.2) is 4.98 Å². The first-order valence-corrected chi connectivity index (χ1v) is 7.60. The van der Waals surface area contributed by atoms with E-state index in [-0.39, 0.29) is 0 Å². The molecule has 4 heteroatoms. The molecule has 0 amide bonds. The number of benzene rings is 1. The van der Waals surface area contributed by atoms with Crippen LogP contribution in [0.25, 0.3) is 0 Å². The zero-order valence-electron chi connectivity index (χ0n) is 13.9. The van der Waals surface area contributed by atoms with Gasteiger partial charge in [0.25, 0.3) is 0 Å². The first-order chi connectivity index (χ1) is 10.6. The fourth-order valence-electron chi connectivity index (χ4n) is 2.34. The molecule has 1 heterocycles. The molecule has 2 rings (SSSR count). The second-order valence-electron chi connectivity index (χ2n) is 5.62. The first-order valence-electron chi connectivity index (χ1n) is 7.60. The summed E-state index contributed by atoms with van der Waals surface area (Å²) < 4.78 is 5.91. The average molecular weight is 299 g/mol. The molecule has 1 aromatic heterocycles. The van der Waals surface area contributed by atoms with Gasteiger partial charge in [0, 0.05) is 31.9 Å². The number of pyridine rings is 1. The Bertz CT molecular complexity index is 613. The smallest absolute Gasteiger partial charge is 0.130 e. The number of nitrogens with one attached hydrogen (secondary N) is 1. The van der Waals surface area contributed by atoms with Gasteiger partial charge in [0.1, 0.15) is 18.2 Å². The van der Waals surface area contributed by atoms with E-state index in [0.29, 0.717) is 6.61 Å². The third kappa shape index (κ3) is 4.46. The monoisotopic (exact) mass is 299 g/mol. The normalized spacial score (nSPS) is 10.8. The Morgan fingerprint density at radius 1 is 1.23 bits per heavy atom. The van der Waals surface area contributed by atoms with Gasteiger partial charge in [0.05, 0.1) is 0 Å². The van der Waals surface area contributed by atoms with E-state index in [2.05, 4.69) is 60.4 Å².